The van der Waals surface area contributed by atoms with Crippen molar-refractivity contribution in [2.24, 2.45) is 0 Å². The Morgan fingerprint density at radius 1 is 0.930 bits per heavy atom. The number of nitrogens with zero attached hydrogens (tertiary/aromatic N) is 5. The Labute approximate surface area is 250 Å². The van der Waals surface area contributed by atoms with Crippen LogP contribution in [0.3, 0.4) is 0 Å². The van der Waals surface area contributed by atoms with Crippen molar-refractivity contribution in [3.63, 3.8) is 0 Å². The smallest absolute Gasteiger partial charge is 0.262 e. The van der Waals surface area contributed by atoms with Gasteiger partial charge in [-0.25, -0.2) is 4.98 Å². The Hall–Kier alpha value is -4.68. The number of piperazine rings is 1. The molecule has 0 spiro atoms. The lowest BCUT2D eigenvalue weighted by Crippen LogP contribution is -2.47. The van der Waals surface area contributed by atoms with E-state index in [4.69, 9.17) is 5.26 Å². The molecule has 1 aliphatic carbocycles. The standard InChI is InChI=1S/C34H33N5O4/c1-22-17-23(6-9-26(22)21-37-13-15-38(16-14-37)31-12-7-24(19-35)20-36-31)5-8-25-3-2-4-28-32(25)34(43)39(33(28)42)29-11-10-27(40)18-30(29)41/h2-4,6-7,9,12,17,20,29H,5,8,10-11,13-16,18,21H2,1H3. The first-order valence-electron chi connectivity index (χ1n) is 14.8. The highest BCUT2D eigenvalue weighted by molar-refractivity contribution is 6.24. The van der Waals surface area contributed by atoms with E-state index >= 15 is 0 Å². The fourth-order valence-corrected chi connectivity index (χ4v) is 6.38. The highest BCUT2D eigenvalue weighted by atomic mass is 16.2. The quantitative estimate of drug-likeness (QED) is 0.310. The number of hydrogen-bond acceptors (Lipinski definition) is 8. The zero-order valence-corrected chi connectivity index (χ0v) is 24.2. The maximum atomic E-state index is 13.4. The molecule has 1 saturated heterocycles. The van der Waals surface area contributed by atoms with Crippen molar-refractivity contribution in [1.82, 2.24) is 14.8 Å². The number of hydrogen-bond donors (Lipinski definition) is 0. The number of benzene rings is 2. The van der Waals surface area contributed by atoms with Gasteiger partial charge in [0.15, 0.2) is 5.78 Å². The number of fused-ring (bicyclic) bond motifs is 1. The fraction of sp³-hybridized carbons (Fsp3) is 0.353. The van der Waals surface area contributed by atoms with E-state index in [1.54, 1.807) is 24.4 Å². The highest BCUT2D eigenvalue weighted by Gasteiger charge is 2.45. The predicted octanol–water partition coefficient (Wildman–Crippen LogP) is 3.66. The maximum Gasteiger partial charge on any atom is 0.262 e. The van der Waals surface area contributed by atoms with Crippen molar-refractivity contribution in [3.8, 4) is 6.07 Å². The van der Waals surface area contributed by atoms with E-state index < -0.39 is 17.9 Å². The number of aryl methyl sites for hydroxylation is 3. The van der Waals surface area contributed by atoms with Gasteiger partial charge >= 0.3 is 0 Å². The molecule has 1 unspecified atom stereocenters. The average molecular weight is 576 g/mol. The zero-order chi connectivity index (χ0) is 30.1. The van der Waals surface area contributed by atoms with Crippen LogP contribution in [-0.2, 0) is 29.0 Å². The molecule has 43 heavy (non-hydrogen) atoms. The first-order valence-corrected chi connectivity index (χ1v) is 14.8. The lowest BCUT2D eigenvalue weighted by atomic mass is 9.92. The fourth-order valence-electron chi connectivity index (χ4n) is 6.38. The molecule has 2 aliphatic heterocycles. The van der Waals surface area contributed by atoms with Crippen LogP contribution >= 0.6 is 0 Å². The Bertz CT molecular complexity index is 1650. The SMILES string of the molecule is Cc1cc(CCc2cccc3c2C(=O)N(C2CCC(=O)CC2=O)C3=O)ccc1CN1CCN(c2ccc(C#N)cn2)CC1. The molecule has 3 aromatic rings. The second-order valence-electron chi connectivity index (χ2n) is 11.6. The largest absolute Gasteiger partial charge is 0.354 e. The van der Waals surface area contributed by atoms with Crippen LogP contribution in [-0.4, -0.2) is 70.4 Å². The van der Waals surface area contributed by atoms with Gasteiger partial charge in [-0.15, -0.1) is 0 Å². The topological polar surface area (TPSA) is 115 Å². The molecule has 2 fully saturated rings. The van der Waals surface area contributed by atoms with Crippen molar-refractivity contribution in [1.29, 1.82) is 5.26 Å². The van der Waals surface area contributed by atoms with Crippen LogP contribution in [0.1, 0.15) is 67.8 Å². The van der Waals surface area contributed by atoms with E-state index in [-0.39, 0.29) is 30.8 Å². The normalized spacial score (nSPS) is 19.1. The molecule has 2 aromatic carbocycles. The van der Waals surface area contributed by atoms with Gasteiger partial charge in [0.05, 0.1) is 29.2 Å². The van der Waals surface area contributed by atoms with Crippen molar-refractivity contribution in [3.05, 3.63) is 93.7 Å². The first kappa shape index (κ1) is 28.4. The van der Waals surface area contributed by atoms with Crippen molar-refractivity contribution < 1.29 is 19.2 Å². The lowest BCUT2D eigenvalue weighted by Gasteiger charge is -2.35. The molecule has 1 saturated carbocycles. The van der Waals surface area contributed by atoms with Gasteiger partial charge in [-0.1, -0.05) is 30.3 Å². The molecule has 218 valence electrons. The van der Waals surface area contributed by atoms with Crippen molar-refractivity contribution in [2.75, 3.05) is 31.1 Å². The first-order chi connectivity index (χ1) is 20.8. The lowest BCUT2D eigenvalue weighted by molar-refractivity contribution is -0.132. The van der Waals surface area contributed by atoms with Crippen LogP contribution in [0.15, 0.2) is 54.7 Å². The van der Waals surface area contributed by atoms with Crippen LogP contribution in [0.4, 0.5) is 5.82 Å². The third kappa shape index (κ3) is 5.71. The number of pyridine rings is 1. The summed E-state index contributed by atoms with van der Waals surface area (Å²) in [4.78, 5) is 61.0. The third-order valence-corrected chi connectivity index (χ3v) is 8.84. The molecule has 6 rings (SSSR count). The van der Waals surface area contributed by atoms with E-state index in [0.29, 0.717) is 29.5 Å². The van der Waals surface area contributed by atoms with Crippen LogP contribution in [0.2, 0.25) is 0 Å². The summed E-state index contributed by atoms with van der Waals surface area (Å²) in [7, 11) is 0. The Balaban J connectivity index is 1.07. The molecule has 1 aromatic heterocycles. The number of anilines is 1. The van der Waals surface area contributed by atoms with Crippen LogP contribution < -0.4 is 4.90 Å². The molecule has 3 aliphatic rings. The number of amides is 2. The van der Waals surface area contributed by atoms with Gasteiger partial charge in [0.1, 0.15) is 17.7 Å². The summed E-state index contributed by atoms with van der Waals surface area (Å²) >= 11 is 0. The molecule has 9 heteroatoms. The number of carbonyl (C=O) groups excluding carboxylic acids is 4. The van der Waals surface area contributed by atoms with Gasteiger partial charge in [-0.05, 0) is 66.6 Å². The third-order valence-electron chi connectivity index (χ3n) is 8.84. The van der Waals surface area contributed by atoms with E-state index in [1.165, 1.54) is 11.1 Å². The summed E-state index contributed by atoms with van der Waals surface area (Å²) in [6.07, 6.45) is 3.12. The number of carbonyl (C=O) groups is 4. The Morgan fingerprint density at radius 3 is 2.44 bits per heavy atom. The number of rotatable bonds is 7. The summed E-state index contributed by atoms with van der Waals surface area (Å²) in [5, 5.41) is 9.00. The minimum absolute atomic E-state index is 0.139. The minimum atomic E-state index is -0.858. The summed E-state index contributed by atoms with van der Waals surface area (Å²) in [6.45, 7) is 6.60. The number of nitriles is 1. The molecule has 0 N–H and O–H groups in total. The molecule has 0 radical (unpaired) electrons. The van der Waals surface area contributed by atoms with E-state index in [2.05, 4.69) is 46.0 Å². The van der Waals surface area contributed by atoms with E-state index in [0.717, 1.165) is 54.6 Å². The molecular formula is C34H33N5O4. The van der Waals surface area contributed by atoms with Crippen LogP contribution in [0.5, 0.6) is 0 Å². The maximum absolute atomic E-state index is 13.4. The summed E-state index contributed by atoms with van der Waals surface area (Å²) in [6, 6.07) is 16.8. The zero-order valence-electron chi connectivity index (χ0n) is 24.2. The van der Waals surface area contributed by atoms with Crippen molar-refractivity contribution in [2.45, 2.75) is 51.6 Å². The molecule has 0 bridgehead atoms. The molecule has 1 atom stereocenters. The van der Waals surface area contributed by atoms with Gasteiger partial charge in [0, 0.05) is 45.3 Å². The molecule has 3 heterocycles. The van der Waals surface area contributed by atoms with Gasteiger partial charge in [0.2, 0.25) is 0 Å². The minimum Gasteiger partial charge on any atom is -0.354 e. The molecule has 9 nitrogen and oxygen atoms in total. The van der Waals surface area contributed by atoms with Crippen LogP contribution in [0, 0.1) is 18.3 Å². The number of imide groups is 1. The van der Waals surface area contributed by atoms with Crippen LogP contribution in [0.25, 0.3) is 0 Å². The number of ketones is 2. The monoisotopic (exact) mass is 575 g/mol. The van der Waals surface area contributed by atoms with Crippen molar-refractivity contribution >= 4 is 29.2 Å². The van der Waals surface area contributed by atoms with Gasteiger partial charge in [-0.2, -0.15) is 5.26 Å². The molecular weight excluding hydrogens is 542 g/mol. The van der Waals surface area contributed by atoms with Gasteiger partial charge in [0.25, 0.3) is 11.8 Å². The number of aromatic nitrogens is 1. The second kappa shape index (κ2) is 11.9. The summed E-state index contributed by atoms with van der Waals surface area (Å²) < 4.78 is 0. The van der Waals surface area contributed by atoms with Gasteiger partial charge < -0.3 is 4.90 Å². The highest BCUT2D eigenvalue weighted by Crippen LogP contribution is 2.32. The van der Waals surface area contributed by atoms with E-state index in [9.17, 15) is 19.2 Å². The second-order valence-corrected chi connectivity index (χ2v) is 11.6. The molecule has 2 amide bonds. The summed E-state index contributed by atoms with van der Waals surface area (Å²) in [5.74, 6) is -0.456. The predicted molar refractivity (Wildman–Crippen MR) is 160 cm³/mol. The number of Topliss-reactive ketones (excluding diaryl/α,β-unsaturated/α-hetero) is 2. The average Bonchev–Trinajstić information content (AvgIpc) is 3.27. The Kier molecular flexibility index (Phi) is 7.87. The Morgan fingerprint density at radius 2 is 1.74 bits per heavy atom. The summed E-state index contributed by atoms with van der Waals surface area (Å²) in [5.41, 5.74) is 5.75. The van der Waals surface area contributed by atoms with Gasteiger partial charge in [-0.3, -0.25) is 29.0 Å². The van der Waals surface area contributed by atoms with E-state index in [1.807, 2.05) is 12.1 Å².